The van der Waals surface area contributed by atoms with Crippen LogP contribution < -0.4 is 5.32 Å². The van der Waals surface area contributed by atoms with Gasteiger partial charge in [-0.3, -0.25) is 4.79 Å². The lowest BCUT2D eigenvalue weighted by atomic mass is 10.1. The van der Waals surface area contributed by atoms with Crippen LogP contribution in [0.1, 0.15) is 29.9 Å². The molecule has 5 heteroatoms. The summed E-state index contributed by atoms with van der Waals surface area (Å²) in [4.78, 5) is 17.0. The molecule has 2 aromatic carbocycles. The SMILES string of the molecule is Cc1ccccc1/C=N/OCC(=O)NC(C)c1cc2ccccc2o1. The molecule has 1 amide bonds. The molecule has 1 atom stereocenters. The molecule has 0 radical (unpaired) electrons. The van der Waals surface area contributed by atoms with Crippen LogP contribution in [0.4, 0.5) is 0 Å². The number of hydrogen-bond acceptors (Lipinski definition) is 4. The predicted molar refractivity (Wildman–Crippen MR) is 97.5 cm³/mol. The maximum absolute atomic E-state index is 12.0. The van der Waals surface area contributed by atoms with Crippen LogP contribution in [0.2, 0.25) is 0 Å². The van der Waals surface area contributed by atoms with Gasteiger partial charge in [-0.05, 0) is 37.1 Å². The Labute approximate surface area is 146 Å². The van der Waals surface area contributed by atoms with Gasteiger partial charge in [0.05, 0.1) is 12.3 Å². The highest BCUT2D eigenvalue weighted by molar-refractivity contribution is 5.82. The van der Waals surface area contributed by atoms with Crippen LogP contribution in [0.25, 0.3) is 11.0 Å². The normalized spacial score (nSPS) is 12.4. The highest BCUT2D eigenvalue weighted by Gasteiger charge is 2.14. The third-order valence-corrected chi connectivity index (χ3v) is 3.90. The lowest BCUT2D eigenvalue weighted by Crippen LogP contribution is -2.29. The number of benzene rings is 2. The first-order chi connectivity index (χ1) is 12.1. The fourth-order valence-corrected chi connectivity index (χ4v) is 2.49. The Hall–Kier alpha value is -3.08. The molecule has 0 saturated heterocycles. The highest BCUT2D eigenvalue weighted by atomic mass is 16.6. The summed E-state index contributed by atoms with van der Waals surface area (Å²) in [5.41, 5.74) is 2.86. The summed E-state index contributed by atoms with van der Waals surface area (Å²) in [5.74, 6) is 0.452. The molecule has 0 saturated carbocycles. The zero-order valence-electron chi connectivity index (χ0n) is 14.2. The van der Waals surface area contributed by atoms with E-state index in [0.717, 1.165) is 22.1 Å². The van der Waals surface area contributed by atoms with Crippen molar-refractivity contribution in [3.05, 3.63) is 71.5 Å². The van der Waals surface area contributed by atoms with E-state index in [0.29, 0.717) is 5.76 Å². The Morgan fingerprint density at radius 1 is 1.24 bits per heavy atom. The number of carbonyl (C=O) groups excluding carboxylic acids is 1. The second kappa shape index (κ2) is 7.66. The molecule has 128 valence electrons. The quantitative estimate of drug-likeness (QED) is 0.547. The number of furan rings is 1. The Balaban J connectivity index is 1.51. The molecule has 5 nitrogen and oxygen atoms in total. The van der Waals surface area contributed by atoms with E-state index in [-0.39, 0.29) is 18.6 Å². The number of nitrogens with zero attached hydrogens (tertiary/aromatic N) is 1. The maximum atomic E-state index is 12.0. The van der Waals surface area contributed by atoms with E-state index in [1.165, 1.54) is 0 Å². The van der Waals surface area contributed by atoms with Crippen molar-refractivity contribution in [3.63, 3.8) is 0 Å². The maximum Gasteiger partial charge on any atom is 0.261 e. The molecule has 0 aliphatic carbocycles. The molecule has 3 rings (SSSR count). The molecule has 1 unspecified atom stereocenters. The van der Waals surface area contributed by atoms with Crippen LogP contribution in [0.3, 0.4) is 0 Å². The number of nitrogens with one attached hydrogen (secondary N) is 1. The van der Waals surface area contributed by atoms with E-state index in [4.69, 9.17) is 9.25 Å². The third-order valence-electron chi connectivity index (χ3n) is 3.90. The second-order valence-electron chi connectivity index (χ2n) is 5.84. The van der Waals surface area contributed by atoms with Gasteiger partial charge in [0.15, 0.2) is 6.61 Å². The van der Waals surface area contributed by atoms with Crippen molar-refractivity contribution in [2.45, 2.75) is 19.9 Å². The standard InChI is InChI=1S/C20H20N2O3/c1-14-7-3-4-9-17(14)12-21-24-13-20(23)22-15(2)19-11-16-8-5-6-10-18(16)25-19/h3-12,15H,13H2,1-2H3,(H,22,23)/b21-12+. The summed E-state index contributed by atoms with van der Waals surface area (Å²) in [6, 6.07) is 17.2. The van der Waals surface area contributed by atoms with E-state index >= 15 is 0 Å². The van der Waals surface area contributed by atoms with Crippen molar-refractivity contribution in [1.29, 1.82) is 0 Å². The zero-order valence-corrected chi connectivity index (χ0v) is 14.2. The van der Waals surface area contributed by atoms with E-state index in [1.807, 2.05) is 68.4 Å². The van der Waals surface area contributed by atoms with Crippen molar-refractivity contribution in [3.8, 4) is 0 Å². The van der Waals surface area contributed by atoms with Gasteiger partial charge in [0, 0.05) is 5.39 Å². The van der Waals surface area contributed by atoms with Gasteiger partial charge in [0.25, 0.3) is 5.91 Å². The second-order valence-corrected chi connectivity index (χ2v) is 5.84. The fourth-order valence-electron chi connectivity index (χ4n) is 2.49. The summed E-state index contributed by atoms with van der Waals surface area (Å²) in [6.45, 7) is 3.71. The van der Waals surface area contributed by atoms with E-state index < -0.39 is 0 Å². The number of carbonyl (C=O) groups is 1. The van der Waals surface area contributed by atoms with Crippen LogP contribution in [-0.4, -0.2) is 18.7 Å². The summed E-state index contributed by atoms with van der Waals surface area (Å²) in [7, 11) is 0. The highest BCUT2D eigenvalue weighted by Crippen LogP contribution is 2.23. The Morgan fingerprint density at radius 3 is 2.80 bits per heavy atom. The Kier molecular flexibility index (Phi) is 5.14. The van der Waals surface area contributed by atoms with Crippen LogP contribution in [0.15, 0.2) is 64.2 Å². The molecule has 25 heavy (non-hydrogen) atoms. The largest absolute Gasteiger partial charge is 0.459 e. The van der Waals surface area contributed by atoms with Gasteiger partial charge < -0.3 is 14.6 Å². The molecule has 1 aromatic heterocycles. The van der Waals surface area contributed by atoms with Gasteiger partial charge in [0.1, 0.15) is 11.3 Å². The van der Waals surface area contributed by atoms with Crippen LogP contribution in [0.5, 0.6) is 0 Å². The van der Waals surface area contributed by atoms with Crippen LogP contribution >= 0.6 is 0 Å². The van der Waals surface area contributed by atoms with Crippen molar-refractivity contribution < 1.29 is 14.0 Å². The summed E-state index contributed by atoms with van der Waals surface area (Å²) < 4.78 is 5.74. The van der Waals surface area contributed by atoms with Gasteiger partial charge in [-0.1, -0.05) is 47.6 Å². The fraction of sp³-hybridized carbons (Fsp3) is 0.200. The van der Waals surface area contributed by atoms with Gasteiger partial charge in [-0.25, -0.2) is 0 Å². The number of rotatable bonds is 6. The Morgan fingerprint density at radius 2 is 2.00 bits per heavy atom. The number of hydrogen-bond donors (Lipinski definition) is 1. The topological polar surface area (TPSA) is 63.8 Å². The van der Waals surface area contributed by atoms with Crippen LogP contribution in [-0.2, 0) is 9.63 Å². The first-order valence-electron chi connectivity index (χ1n) is 8.12. The minimum atomic E-state index is -0.255. The monoisotopic (exact) mass is 336 g/mol. The lowest BCUT2D eigenvalue weighted by Gasteiger charge is -2.10. The number of amides is 1. The van der Waals surface area contributed by atoms with E-state index in [9.17, 15) is 4.79 Å². The van der Waals surface area contributed by atoms with Crippen molar-refractivity contribution in [1.82, 2.24) is 5.32 Å². The lowest BCUT2D eigenvalue weighted by molar-refractivity contribution is -0.126. The molecule has 0 fully saturated rings. The van der Waals surface area contributed by atoms with Gasteiger partial charge in [-0.2, -0.15) is 0 Å². The molecule has 1 heterocycles. The molecule has 0 bridgehead atoms. The van der Waals surface area contributed by atoms with Crippen molar-refractivity contribution in [2.75, 3.05) is 6.61 Å². The summed E-state index contributed by atoms with van der Waals surface area (Å²) in [6.07, 6.45) is 1.60. The number of aryl methyl sites for hydroxylation is 1. The number of oxime groups is 1. The molecule has 0 aliphatic rings. The number of para-hydroxylation sites is 1. The van der Waals surface area contributed by atoms with E-state index in [2.05, 4.69) is 10.5 Å². The first-order valence-corrected chi connectivity index (χ1v) is 8.12. The van der Waals surface area contributed by atoms with Crippen molar-refractivity contribution in [2.24, 2.45) is 5.16 Å². The van der Waals surface area contributed by atoms with Gasteiger partial charge in [-0.15, -0.1) is 0 Å². The van der Waals surface area contributed by atoms with Gasteiger partial charge in [0.2, 0.25) is 0 Å². The first kappa shape index (κ1) is 16.8. The van der Waals surface area contributed by atoms with Crippen molar-refractivity contribution >= 4 is 23.1 Å². The molecular weight excluding hydrogens is 316 g/mol. The average molecular weight is 336 g/mol. The smallest absolute Gasteiger partial charge is 0.261 e. The van der Waals surface area contributed by atoms with E-state index in [1.54, 1.807) is 6.21 Å². The number of fused-ring (bicyclic) bond motifs is 1. The summed E-state index contributed by atoms with van der Waals surface area (Å²) in [5, 5.41) is 7.70. The summed E-state index contributed by atoms with van der Waals surface area (Å²) >= 11 is 0. The minimum Gasteiger partial charge on any atom is -0.459 e. The molecular formula is C20H20N2O3. The molecule has 3 aromatic rings. The minimum absolute atomic E-state index is 0.146. The third kappa shape index (κ3) is 4.26. The molecule has 0 aliphatic heterocycles. The van der Waals surface area contributed by atoms with Crippen LogP contribution in [0, 0.1) is 6.92 Å². The van der Waals surface area contributed by atoms with Gasteiger partial charge >= 0.3 is 0 Å². The molecule has 0 spiro atoms. The average Bonchev–Trinajstić information content (AvgIpc) is 3.04. The Bertz CT molecular complexity index is 866. The zero-order chi connectivity index (χ0) is 17.6. The predicted octanol–water partition coefficient (Wildman–Crippen LogP) is 3.97. The molecule has 1 N–H and O–H groups in total.